The van der Waals surface area contributed by atoms with Crippen LogP contribution < -0.4 is 20.5 Å². The minimum atomic E-state index is -3.57. The number of benzene rings is 3. The second-order valence-electron chi connectivity index (χ2n) is 8.12. The van der Waals surface area contributed by atoms with E-state index >= 15 is 0 Å². The van der Waals surface area contributed by atoms with E-state index in [1.807, 2.05) is 22.6 Å². The van der Waals surface area contributed by atoms with E-state index in [4.69, 9.17) is 10.5 Å². The molecule has 184 valence electrons. The summed E-state index contributed by atoms with van der Waals surface area (Å²) in [5.41, 5.74) is 5.57. The highest BCUT2D eigenvalue weighted by molar-refractivity contribution is 14.1. The van der Waals surface area contributed by atoms with Gasteiger partial charge >= 0.3 is 0 Å². The highest BCUT2D eigenvalue weighted by Gasteiger charge is 2.28. The van der Waals surface area contributed by atoms with Crippen molar-refractivity contribution >= 4 is 55.6 Å². The molecule has 0 bridgehead atoms. The van der Waals surface area contributed by atoms with Crippen molar-refractivity contribution in [3.05, 3.63) is 75.4 Å². The number of rotatable bonds is 8. The van der Waals surface area contributed by atoms with Gasteiger partial charge in [-0.15, -0.1) is 0 Å². The third-order valence-corrected chi connectivity index (χ3v) is 8.12. The van der Waals surface area contributed by atoms with Crippen LogP contribution in [0.2, 0.25) is 0 Å². The fraction of sp³-hybridized carbons (Fsp3) is 0.208. The molecule has 1 aliphatic carbocycles. The molecule has 7 nitrogen and oxygen atoms in total. The smallest absolute Gasteiger partial charge is 0.254 e. The lowest BCUT2D eigenvalue weighted by atomic mass is 10.1. The van der Waals surface area contributed by atoms with Gasteiger partial charge in [0.2, 0.25) is 10.0 Å². The van der Waals surface area contributed by atoms with Gasteiger partial charge in [0.15, 0.2) is 0 Å². The van der Waals surface area contributed by atoms with E-state index in [-0.39, 0.29) is 34.1 Å². The summed E-state index contributed by atoms with van der Waals surface area (Å²) in [4.78, 5) is 12.3. The first-order valence-corrected chi connectivity index (χ1v) is 13.4. The molecule has 1 aliphatic rings. The predicted octanol–water partition coefficient (Wildman–Crippen LogP) is 5.89. The van der Waals surface area contributed by atoms with Gasteiger partial charge in [0.05, 0.1) is 22.3 Å². The Morgan fingerprint density at radius 2 is 1.77 bits per heavy atom. The molecule has 0 atom stereocenters. The van der Waals surface area contributed by atoms with Crippen LogP contribution >= 0.6 is 22.6 Å². The lowest BCUT2D eigenvalue weighted by molar-refractivity contribution is 0.0999. The van der Waals surface area contributed by atoms with Crippen molar-refractivity contribution in [2.75, 3.05) is 10.0 Å². The number of sulfonamides is 1. The number of carbonyl (C=O) groups is 1. The fourth-order valence-electron chi connectivity index (χ4n) is 3.95. The van der Waals surface area contributed by atoms with Crippen LogP contribution in [-0.4, -0.2) is 19.6 Å². The van der Waals surface area contributed by atoms with Crippen LogP contribution in [0.5, 0.6) is 11.5 Å². The second kappa shape index (κ2) is 10.4. The molecule has 0 radical (unpaired) electrons. The largest absolute Gasteiger partial charge is 0.456 e. The number of hydrogen-bond acceptors (Lipinski definition) is 5. The monoisotopic (exact) mass is 613 g/mol. The predicted molar refractivity (Wildman–Crippen MR) is 139 cm³/mol. The molecule has 4 N–H and O–H groups in total. The quantitative estimate of drug-likeness (QED) is 0.275. The standard InChI is InChI=1S/C24H22F2IN3O4S/c25-14-10-21(29-20-9-8-15(27)12-19(20)26)23(24(28)31)22(11-14)34-17-5-3-4-16(13-17)30-35(32,33)18-6-1-2-7-18/h3-5,8-13,18,29-30H,1-2,6-7H2,(H2,28,31). The third-order valence-electron chi connectivity index (χ3n) is 5.58. The average Bonchev–Trinajstić information content (AvgIpc) is 3.31. The Kier molecular flexibility index (Phi) is 7.45. The minimum absolute atomic E-state index is 0.0211. The number of nitrogens with two attached hydrogens (primary N) is 1. The van der Waals surface area contributed by atoms with Gasteiger partial charge in [-0.3, -0.25) is 9.52 Å². The molecule has 0 heterocycles. The Bertz CT molecular complexity index is 1380. The summed E-state index contributed by atoms with van der Waals surface area (Å²) in [7, 11) is -3.57. The molecule has 1 saturated carbocycles. The topological polar surface area (TPSA) is 111 Å². The summed E-state index contributed by atoms with van der Waals surface area (Å²) < 4.78 is 63.0. The zero-order valence-electron chi connectivity index (χ0n) is 18.4. The van der Waals surface area contributed by atoms with Crippen molar-refractivity contribution in [1.82, 2.24) is 0 Å². The van der Waals surface area contributed by atoms with E-state index in [0.717, 1.165) is 25.0 Å². The van der Waals surface area contributed by atoms with Crippen LogP contribution in [0, 0.1) is 15.2 Å². The van der Waals surface area contributed by atoms with E-state index in [2.05, 4.69) is 10.0 Å². The number of halogens is 3. The van der Waals surface area contributed by atoms with E-state index < -0.39 is 32.8 Å². The zero-order chi connectivity index (χ0) is 25.2. The SMILES string of the molecule is NC(=O)c1c(Nc2ccc(I)cc2F)cc(F)cc1Oc1cccc(NS(=O)(=O)C2CCCC2)c1. The fourth-order valence-corrected chi connectivity index (χ4v) is 5.98. The summed E-state index contributed by atoms with van der Waals surface area (Å²) in [6, 6.07) is 12.4. The number of carbonyl (C=O) groups excluding carboxylic acids is 1. The molecule has 4 rings (SSSR count). The minimum Gasteiger partial charge on any atom is -0.456 e. The van der Waals surface area contributed by atoms with Gasteiger partial charge in [-0.1, -0.05) is 18.9 Å². The van der Waals surface area contributed by atoms with Crippen LogP contribution in [0.1, 0.15) is 36.0 Å². The maximum atomic E-state index is 14.5. The first-order valence-electron chi connectivity index (χ1n) is 10.8. The van der Waals surface area contributed by atoms with Crippen LogP contribution in [0.4, 0.5) is 25.8 Å². The van der Waals surface area contributed by atoms with E-state index in [0.29, 0.717) is 16.4 Å². The Hall–Kier alpha value is -2.93. The van der Waals surface area contributed by atoms with Crippen molar-refractivity contribution in [3.63, 3.8) is 0 Å². The van der Waals surface area contributed by atoms with Gasteiger partial charge in [-0.2, -0.15) is 0 Å². The van der Waals surface area contributed by atoms with Crippen molar-refractivity contribution in [2.24, 2.45) is 5.73 Å². The molecule has 0 aromatic heterocycles. The first kappa shape index (κ1) is 25.2. The second-order valence-corrected chi connectivity index (χ2v) is 11.3. The summed E-state index contributed by atoms with van der Waals surface area (Å²) in [5, 5.41) is 2.25. The van der Waals surface area contributed by atoms with Gasteiger partial charge in [0.1, 0.15) is 28.7 Å². The molecular weight excluding hydrogens is 591 g/mol. The molecule has 1 amide bonds. The van der Waals surface area contributed by atoms with E-state index in [1.165, 1.54) is 24.3 Å². The Morgan fingerprint density at radius 3 is 2.46 bits per heavy atom. The van der Waals surface area contributed by atoms with Crippen LogP contribution in [0.25, 0.3) is 0 Å². The van der Waals surface area contributed by atoms with Crippen molar-refractivity contribution in [1.29, 1.82) is 0 Å². The Morgan fingerprint density at radius 1 is 1.03 bits per heavy atom. The number of amides is 1. The summed E-state index contributed by atoms with van der Waals surface area (Å²) in [5.74, 6) is -2.33. The average molecular weight is 613 g/mol. The number of primary amides is 1. The third kappa shape index (κ3) is 6.01. The van der Waals surface area contributed by atoms with Crippen LogP contribution in [-0.2, 0) is 10.0 Å². The maximum absolute atomic E-state index is 14.5. The lowest BCUT2D eigenvalue weighted by Gasteiger charge is -2.17. The summed E-state index contributed by atoms with van der Waals surface area (Å²) >= 11 is 1.95. The number of hydrogen-bond donors (Lipinski definition) is 3. The molecule has 1 fully saturated rings. The number of nitrogens with one attached hydrogen (secondary N) is 2. The first-order chi connectivity index (χ1) is 16.6. The Labute approximate surface area is 215 Å². The highest BCUT2D eigenvalue weighted by Crippen LogP contribution is 2.35. The molecule has 11 heteroatoms. The molecule has 0 spiro atoms. The van der Waals surface area contributed by atoms with Gasteiger partial charge in [0.25, 0.3) is 5.91 Å². The van der Waals surface area contributed by atoms with Gasteiger partial charge in [-0.05, 0) is 71.8 Å². The van der Waals surface area contributed by atoms with E-state index in [9.17, 15) is 22.0 Å². The van der Waals surface area contributed by atoms with Gasteiger partial charge in [0, 0.05) is 15.7 Å². The van der Waals surface area contributed by atoms with Gasteiger partial charge in [-0.25, -0.2) is 17.2 Å². The van der Waals surface area contributed by atoms with Crippen molar-refractivity contribution < 1.29 is 26.7 Å². The molecule has 35 heavy (non-hydrogen) atoms. The molecule has 3 aromatic carbocycles. The number of ether oxygens (including phenoxy) is 1. The van der Waals surface area contributed by atoms with Crippen LogP contribution in [0.3, 0.4) is 0 Å². The zero-order valence-corrected chi connectivity index (χ0v) is 21.3. The summed E-state index contributed by atoms with van der Waals surface area (Å²) in [6.45, 7) is 0. The highest BCUT2D eigenvalue weighted by atomic mass is 127. The molecule has 3 aromatic rings. The summed E-state index contributed by atoms with van der Waals surface area (Å²) in [6.07, 6.45) is 2.95. The van der Waals surface area contributed by atoms with Crippen molar-refractivity contribution in [3.8, 4) is 11.5 Å². The normalized spacial score (nSPS) is 14.0. The molecule has 0 aliphatic heterocycles. The van der Waals surface area contributed by atoms with Crippen molar-refractivity contribution in [2.45, 2.75) is 30.9 Å². The van der Waals surface area contributed by atoms with Crippen LogP contribution in [0.15, 0.2) is 54.6 Å². The molecule has 0 saturated heterocycles. The molecular formula is C24H22F2IN3O4S. The Balaban J connectivity index is 1.64. The lowest BCUT2D eigenvalue weighted by Crippen LogP contribution is -2.25. The van der Waals surface area contributed by atoms with E-state index in [1.54, 1.807) is 18.2 Å². The number of anilines is 3. The van der Waals surface area contributed by atoms with Gasteiger partial charge < -0.3 is 15.8 Å². The molecule has 0 unspecified atom stereocenters. The maximum Gasteiger partial charge on any atom is 0.254 e.